The SMILES string of the molecule is CC(C#N)(Cc1ccnnc1)C(=O)C1CCCC1. The maximum absolute atomic E-state index is 12.4. The van der Waals surface area contributed by atoms with Crippen LogP contribution in [0.4, 0.5) is 0 Å². The van der Waals surface area contributed by atoms with Crippen molar-refractivity contribution in [3.63, 3.8) is 0 Å². The second kappa shape index (κ2) is 5.26. The van der Waals surface area contributed by atoms with Crippen LogP contribution in [0, 0.1) is 22.7 Å². The zero-order chi connectivity index (χ0) is 13.0. The van der Waals surface area contributed by atoms with E-state index >= 15 is 0 Å². The van der Waals surface area contributed by atoms with E-state index < -0.39 is 5.41 Å². The molecule has 0 spiro atoms. The van der Waals surface area contributed by atoms with Crippen LogP contribution >= 0.6 is 0 Å². The lowest BCUT2D eigenvalue weighted by Gasteiger charge is -2.23. The molecule has 1 aromatic heterocycles. The quantitative estimate of drug-likeness (QED) is 0.813. The molecule has 0 N–H and O–H groups in total. The molecule has 1 aromatic rings. The largest absolute Gasteiger partial charge is 0.298 e. The van der Waals surface area contributed by atoms with Gasteiger partial charge in [0.05, 0.1) is 12.3 Å². The van der Waals surface area contributed by atoms with Crippen molar-refractivity contribution in [2.75, 3.05) is 0 Å². The van der Waals surface area contributed by atoms with Crippen molar-refractivity contribution in [2.24, 2.45) is 11.3 Å². The minimum Gasteiger partial charge on any atom is -0.298 e. The topological polar surface area (TPSA) is 66.6 Å². The zero-order valence-corrected chi connectivity index (χ0v) is 10.6. The number of aromatic nitrogens is 2. The van der Waals surface area contributed by atoms with Crippen LogP contribution in [0.15, 0.2) is 18.5 Å². The molecule has 1 fully saturated rings. The van der Waals surface area contributed by atoms with Crippen LogP contribution in [-0.4, -0.2) is 16.0 Å². The zero-order valence-electron chi connectivity index (χ0n) is 10.6. The van der Waals surface area contributed by atoms with E-state index in [4.69, 9.17) is 0 Å². The summed E-state index contributed by atoms with van der Waals surface area (Å²) < 4.78 is 0. The van der Waals surface area contributed by atoms with Crippen LogP contribution in [0.3, 0.4) is 0 Å². The Kier molecular flexibility index (Phi) is 3.71. The van der Waals surface area contributed by atoms with E-state index in [-0.39, 0.29) is 11.7 Å². The van der Waals surface area contributed by atoms with Gasteiger partial charge in [0, 0.05) is 12.1 Å². The predicted octanol–water partition coefficient (Wildman–Crippen LogP) is 2.31. The lowest BCUT2D eigenvalue weighted by Crippen LogP contribution is -2.33. The van der Waals surface area contributed by atoms with Crippen molar-refractivity contribution in [3.05, 3.63) is 24.0 Å². The molecule has 1 atom stereocenters. The first-order valence-corrected chi connectivity index (χ1v) is 6.37. The van der Waals surface area contributed by atoms with Gasteiger partial charge in [-0.05, 0) is 37.8 Å². The van der Waals surface area contributed by atoms with Crippen molar-refractivity contribution in [1.29, 1.82) is 5.26 Å². The van der Waals surface area contributed by atoms with Crippen LogP contribution in [0.5, 0.6) is 0 Å². The second-order valence-electron chi connectivity index (χ2n) is 5.22. The Morgan fingerprint density at radius 1 is 1.50 bits per heavy atom. The van der Waals surface area contributed by atoms with Crippen molar-refractivity contribution < 1.29 is 4.79 Å². The summed E-state index contributed by atoms with van der Waals surface area (Å²) in [5, 5.41) is 16.9. The summed E-state index contributed by atoms with van der Waals surface area (Å²) in [5.74, 6) is 0.170. The molecule has 0 radical (unpaired) electrons. The average molecular weight is 243 g/mol. The second-order valence-corrected chi connectivity index (χ2v) is 5.22. The Labute approximate surface area is 107 Å². The molecule has 0 amide bonds. The van der Waals surface area contributed by atoms with Gasteiger partial charge in [0.1, 0.15) is 5.41 Å². The van der Waals surface area contributed by atoms with Gasteiger partial charge in [0.25, 0.3) is 0 Å². The molecule has 1 saturated carbocycles. The summed E-state index contributed by atoms with van der Waals surface area (Å²) in [4.78, 5) is 12.4. The van der Waals surface area contributed by atoms with E-state index in [2.05, 4.69) is 16.3 Å². The number of Topliss-reactive ketones (excluding diaryl/α,β-unsaturated/α-hetero) is 1. The monoisotopic (exact) mass is 243 g/mol. The lowest BCUT2D eigenvalue weighted by atomic mass is 9.76. The van der Waals surface area contributed by atoms with E-state index in [1.54, 1.807) is 19.3 Å². The Hall–Kier alpha value is -1.76. The Morgan fingerprint density at radius 2 is 2.22 bits per heavy atom. The molecule has 0 bridgehead atoms. The van der Waals surface area contributed by atoms with Gasteiger partial charge in [-0.2, -0.15) is 15.5 Å². The van der Waals surface area contributed by atoms with Gasteiger partial charge in [-0.1, -0.05) is 12.8 Å². The molecule has 4 nitrogen and oxygen atoms in total. The highest BCUT2D eigenvalue weighted by atomic mass is 16.1. The summed E-state index contributed by atoms with van der Waals surface area (Å²) in [6, 6.07) is 4.02. The third kappa shape index (κ3) is 2.56. The molecule has 18 heavy (non-hydrogen) atoms. The maximum Gasteiger partial charge on any atom is 0.156 e. The highest BCUT2D eigenvalue weighted by Crippen LogP contribution is 2.34. The highest BCUT2D eigenvalue weighted by Gasteiger charge is 2.39. The van der Waals surface area contributed by atoms with Gasteiger partial charge < -0.3 is 0 Å². The Morgan fingerprint density at radius 3 is 2.78 bits per heavy atom. The molecule has 1 aliphatic rings. The summed E-state index contributed by atoms with van der Waals surface area (Å²) in [5.41, 5.74) is -0.0432. The van der Waals surface area contributed by atoms with Crippen LogP contribution in [0.25, 0.3) is 0 Å². The molecule has 1 heterocycles. The number of ketones is 1. The number of nitriles is 1. The summed E-state index contributed by atoms with van der Waals surface area (Å²) in [6.07, 6.45) is 7.72. The fourth-order valence-electron chi connectivity index (χ4n) is 2.65. The smallest absolute Gasteiger partial charge is 0.156 e. The molecule has 0 aromatic carbocycles. The van der Waals surface area contributed by atoms with E-state index in [1.807, 2.05) is 6.07 Å². The van der Waals surface area contributed by atoms with E-state index in [0.29, 0.717) is 6.42 Å². The molecular weight excluding hydrogens is 226 g/mol. The summed E-state index contributed by atoms with van der Waals surface area (Å²) >= 11 is 0. The van der Waals surface area contributed by atoms with E-state index in [0.717, 1.165) is 31.2 Å². The van der Waals surface area contributed by atoms with Crippen molar-refractivity contribution in [2.45, 2.75) is 39.0 Å². The average Bonchev–Trinajstić information content (AvgIpc) is 2.92. The van der Waals surface area contributed by atoms with Gasteiger partial charge in [-0.15, -0.1) is 0 Å². The van der Waals surface area contributed by atoms with Gasteiger partial charge >= 0.3 is 0 Å². The van der Waals surface area contributed by atoms with Crippen molar-refractivity contribution >= 4 is 5.78 Å². The lowest BCUT2D eigenvalue weighted by molar-refractivity contribution is -0.129. The van der Waals surface area contributed by atoms with Crippen LogP contribution < -0.4 is 0 Å². The molecule has 2 rings (SSSR count). The Bertz CT molecular complexity index is 460. The standard InChI is InChI=1S/C14H17N3O/c1-14(10-15,8-11-6-7-16-17-9-11)13(18)12-4-2-3-5-12/h6-7,9,12H,2-5,8H2,1H3. The van der Waals surface area contributed by atoms with Crippen molar-refractivity contribution in [3.8, 4) is 6.07 Å². The van der Waals surface area contributed by atoms with Crippen LogP contribution in [0.2, 0.25) is 0 Å². The molecule has 1 unspecified atom stereocenters. The normalized spacial score (nSPS) is 19.1. The first-order valence-electron chi connectivity index (χ1n) is 6.37. The van der Waals surface area contributed by atoms with Gasteiger partial charge in [-0.3, -0.25) is 4.79 Å². The fourth-order valence-corrected chi connectivity index (χ4v) is 2.65. The number of carbonyl (C=O) groups excluding carboxylic acids is 1. The molecule has 4 heteroatoms. The minimum atomic E-state index is -0.932. The summed E-state index contributed by atoms with van der Waals surface area (Å²) in [6.45, 7) is 1.74. The molecular formula is C14H17N3O. The third-order valence-electron chi connectivity index (χ3n) is 3.72. The number of rotatable bonds is 4. The predicted molar refractivity (Wildman–Crippen MR) is 66.4 cm³/mol. The molecule has 1 aliphatic carbocycles. The number of nitrogens with zero attached hydrogens (tertiary/aromatic N) is 3. The maximum atomic E-state index is 12.4. The minimum absolute atomic E-state index is 0.0736. The number of carbonyl (C=O) groups is 1. The van der Waals surface area contributed by atoms with E-state index in [1.165, 1.54) is 0 Å². The first-order chi connectivity index (χ1) is 8.65. The number of hydrogen-bond acceptors (Lipinski definition) is 4. The fraction of sp³-hybridized carbons (Fsp3) is 0.571. The highest BCUT2D eigenvalue weighted by molar-refractivity contribution is 5.89. The van der Waals surface area contributed by atoms with Gasteiger partial charge in [-0.25, -0.2) is 0 Å². The van der Waals surface area contributed by atoms with Crippen molar-refractivity contribution in [1.82, 2.24) is 10.2 Å². The van der Waals surface area contributed by atoms with Crippen LogP contribution in [-0.2, 0) is 11.2 Å². The summed E-state index contributed by atoms with van der Waals surface area (Å²) in [7, 11) is 0. The number of hydrogen-bond donors (Lipinski definition) is 0. The van der Waals surface area contributed by atoms with Gasteiger partial charge in [0.2, 0.25) is 0 Å². The third-order valence-corrected chi connectivity index (χ3v) is 3.72. The van der Waals surface area contributed by atoms with Gasteiger partial charge in [0.15, 0.2) is 5.78 Å². The molecule has 0 saturated heterocycles. The molecule has 0 aliphatic heterocycles. The first kappa shape index (κ1) is 12.7. The Balaban J connectivity index is 2.15. The molecule has 94 valence electrons. The van der Waals surface area contributed by atoms with Crippen LogP contribution in [0.1, 0.15) is 38.2 Å². The van der Waals surface area contributed by atoms with E-state index in [9.17, 15) is 10.1 Å².